The summed E-state index contributed by atoms with van der Waals surface area (Å²) in [6, 6.07) is 8.45. The van der Waals surface area contributed by atoms with E-state index in [2.05, 4.69) is 17.6 Å². The van der Waals surface area contributed by atoms with Crippen LogP contribution in [0, 0.1) is 20.8 Å². The molecule has 2 rings (SSSR count). The normalized spacial score (nSPS) is 12.7. The van der Waals surface area contributed by atoms with Gasteiger partial charge >= 0.3 is 6.09 Å². The van der Waals surface area contributed by atoms with Crippen LogP contribution in [0.1, 0.15) is 94.5 Å². The van der Waals surface area contributed by atoms with Crippen LogP contribution in [0.4, 0.5) is 10.5 Å². The molecule has 0 saturated carbocycles. The van der Waals surface area contributed by atoms with Crippen LogP contribution >= 0.6 is 11.6 Å². The van der Waals surface area contributed by atoms with Gasteiger partial charge in [-0.25, -0.2) is 4.79 Å². The number of para-hydroxylation sites is 1. The Hall–Kier alpha value is -3.59. The van der Waals surface area contributed by atoms with E-state index in [1.807, 2.05) is 45.0 Å². The highest BCUT2D eigenvalue weighted by Gasteiger charge is 2.37. The Morgan fingerprint density at radius 1 is 0.953 bits per heavy atom. The van der Waals surface area contributed by atoms with Crippen molar-refractivity contribution in [2.24, 2.45) is 5.73 Å². The monoisotopic (exact) mass is 614 g/mol. The van der Waals surface area contributed by atoms with E-state index in [0.29, 0.717) is 22.7 Å². The summed E-state index contributed by atoms with van der Waals surface area (Å²) in [5.74, 6) is -1.87. The Bertz CT molecular complexity index is 1270. The molecule has 0 heterocycles. The van der Waals surface area contributed by atoms with Crippen LogP contribution in [0.25, 0.3) is 0 Å². The molecule has 0 saturated heterocycles. The number of halogens is 1. The first-order chi connectivity index (χ1) is 20.1. The quantitative estimate of drug-likeness (QED) is 0.209. The minimum absolute atomic E-state index is 0.209. The van der Waals surface area contributed by atoms with E-state index in [1.165, 1.54) is 4.90 Å². The van der Waals surface area contributed by atoms with Crippen molar-refractivity contribution in [1.29, 1.82) is 0 Å². The first kappa shape index (κ1) is 35.6. The van der Waals surface area contributed by atoms with Gasteiger partial charge in [0.1, 0.15) is 17.7 Å². The van der Waals surface area contributed by atoms with E-state index in [0.717, 1.165) is 42.4 Å². The molecule has 9 nitrogen and oxygen atoms in total. The average molecular weight is 615 g/mol. The maximum atomic E-state index is 14.3. The highest BCUT2D eigenvalue weighted by Crippen LogP contribution is 2.30. The lowest BCUT2D eigenvalue weighted by Crippen LogP contribution is -2.53. The van der Waals surface area contributed by atoms with Crippen LogP contribution in [0.5, 0.6) is 0 Å². The van der Waals surface area contributed by atoms with E-state index in [1.54, 1.807) is 32.9 Å². The van der Waals surface area contributed by atoms with Gasteiger partial charge in [-0.05, 0) is 76.3 Å². The fourth-order valence-electron chi connectivity index (χ4n) is 4.69. The molecular weight excluding hydrogens is 568 g/mol. The highest BCUT2D eigenvalue weighted by molar-refractivity contribution is 6.34. The third-order valence-corrected chi connectivity index (χ3v) is 7.37. The van der Waals surface area contributed by atoms with Gasteiger partial charge in [0.25, 0.3) is 5.91 Å². The number of unbranched alkanes of at least 4 members (excludes halogenated alkanes) is 4. The third kappa shape index (κ3) is 11.2. The predicted molar refractivity (Wildman–Crippen MR) is 171 cm³/mol. The minimum Gasteiger partial charge on any atom is -0.444 e. The Morgan fingerprint density at radius 2 is 1.63 bits per heavy atom. The number of nitrogens with two attached hydrogens (primary N) is 1. The summed E-state index contributed by atoms with van der Waals surface area (Å²) in [7, 11) is 0. The van der Waals surface area contributed by atoms with Crippen LogP contribution < -0.4 is 16.4 Å². The Labute approximate surface area is 260 Å². The van der Waals surface area contributed by atoms with E-state index >= 15 is 0 Å². The summed E-state index contributed by atoms with van der Waals surface area (Å²) in [6.07, 6.45) is 3.19. The third-order valence-electron chi connectivity index (χ3n) is 7.06. The maximum absolute atomic E-state index is 14.3. The summed E-state index contributed by atoms with van der Waals surface area (Å²) in [5.41, 5.74) is 8.44. The summed E-state index contributed by atoms with van der Waals surface area (Å²) in [6.45, 7) is 13.1. The standard InChI is InChI=1S/C33H47ClN4O5/c1-8-9-10-11-12-18-38(31(41)26(20-27(35)39)36-32(42)43-33(5,6)7)29(24-17-16-21(2)23(4)19-24)30(40)37-28-22(3)14-13-15-25(28)34/h13-17,19,26,29H,8-12,18,20H2,1-7H3,(H2,35,39)(H,36,42)(H,37,40). The van der Waals surface area contributed by atoms with Crippen LogP contribution in [0.3, 0.4) is 0 Å². The van der Waals surface area contributed by atoms with Crippen molar-refractivity contribution in [3.8, 4) is 0 Å². The minimum atomic E-state index is -1.34. The molecule has 0 aromatic heterocycles. The number of rotatable bonds is 14. The zero-order chi connectivity index (χ0) is 32.3. The lowest BCUT2D eigenvalue weighted by Gasteiger charge is -2.34. The molecule has 236 valence electrons. The van der Waals surface area contributed by atoms with Crippen molar-refractivity contribution in [3.05, 3.63) is 63.7 Å². The van der Waals surface area contributed by atoms with Crippen LogP contribution in [0.2, 0.25) is 5.02 Å². The number of nitrogens with one attached hydrogen (secondary N) is 2. The zero-order valence-electron chi connectivity index (χ0n) is 26.5. The van der Waals surface area contributed by atoms with Gasteiger partial charge in [0.15, 0.2) is 0 Å². The maximum Gasteiger partial charge on any atom is 0.408 e. The van der Waals surface area contributed by atoms with Crippen molar-refractivity contribution < 1.29 is 23.9 Å². The van der Waals surface area contributed by atoms with Gasteiger partial charge in [0.05, 0.1) is 17.1 Å². The number of alkyl carbamates (subject to hydrolysis) is 1. The van der Waals surface area contributed by atoms with Crippen molar-refractivity contribution in [2.75, 3.05) is 11.9 Å². The van der Waals surface area contributed by atoms with Gasteiger partial charge in [-0.3, -0.25) is 14.4 Å². The second kappa shape index (κ2) is 16.3. The number of aryl methyl sites for hydroxylation is 3. The number of ether oxygens (including phenoxy) is 1. The number of amides is 4. The number of anilines is 1. The Kier molecular flexibility index (Phi) is 13.5. The smallest absolute Gasteiger partial charge is 0.408 e. The summed E-state index contributed by atoms with van der Waals surface area (Å²) in [4.78, 5) is 54.7. The summed E-state index contributed by atoms with van der Waals surface area (Å²) in [5, 5.41) is 5.83. The fraction of sp³-hybridized carbons (Fsp3) is 0.515. The van der Waals surface area contributed by atoms with Gasteiger partial charge in [-0.2, -0.15) is 0 Å². The number of hydrogen-bond acceptors (Lipinski definition) is 5. The van der Waals surface area contributed by atoms with Crippen LogP contribution in [0.15, 0.2) is 36.4 Å². The summed E-state index contributed by atoms with van der Waals surface area (Å²) < 4.78 is 5.37. The molecule has 0 fully saturated rings. The molecule has 10 heteroatoms. The lowest BCUT2D eigenvalue weighted by molar-refractivity contribution is -0.142. The van der Waals surface area contributed by atoms with Crippen LogP contribution in [-0.4, -0.2) is 46.9 Å². The fourth-order valence-corrected chi connectivity index (χ4v) is 4.96. The second-order valence-electron chi connectivity index (χ2n) is 12.0. The number of benzene rings is 2. The van der Waals surface area contributed by atoms with Crippen molar-refractivity contribution in [3.63, 3.8) is 0 Å². The SMILES string of the molecule is CCCCCCCN(C(=O)C(CC(N)=O)NC(=O)OC(C)(C)C)C(C(=O)Nc1c(C)cccc1Cl)c1ccc(C)c(C)c1. The molecule has 0 aliphatic rings. The van der Waals surface area contributed by atoms with Gasteiger partial charge in [-0.15, -0.1) is 0 Å². The predicted octanol–water partition coefficient (Wildman–Crippen LogP) is 6.51. The molecule has 0 aliphatic heterocycles. The topological polar surface area (TPSA) is 131 Å². The van der Waals surface area contributed by atoms with E-state index in [-0.39, 0.29) is 6.54 Å². The molecule has 4 N–H and O–H groups in total. The van der Waals surface area contributed by atoms with Crippen molar-refractivity contribution in [2.45, 2.75) is 105 Å². The zero-order valence-corrected chi connectivity index (χ0v) is 27.3. The molecule has 0 bridgehead atoms. The number of carbonyl (C=O) groups is 4. The molecular formula is C33H47ClN4O5. The first-order valence-corrected chi connectivity index (χ1v) is 15.2. The van der Waals surface area contributed by atoms with E-state index < -0.39 is 47.9 Å². The largest absolute Gasteiger partial charge is 0.444 e. The van der Waals surface area contributed by atoms with Crippen molar-refractivity contribution in [1.82, 2.24) is 10.2 Å². The molecule has 0 spiro atoms. The van der Waals surface area contributed by atoms with Gasteiger partial charge in [-0.1, -0.05) is 74.5 Å². The lowest BCUT2D eigenvalue weighted by atomic mass is 9.97. The number of nitrogens with zero attached hydrogens (tertiary/aromatic N) is 1. The molecule has 43 heavy (non-hydrogen) atoms. The highest BCUT2D eigenvalue weighted by atomic mass is 35.5. The molecule has 0 aliphatic carbocycles. The molecule has 4 amide bonds. The van der Waals surface area contributed by atoms with E-state index in [4.69, 9.17) is 22.1 Å². The second-order valence-corrected chi connectivity index (χ2v) is 12.4. The molecule has 2 atom stereocenters. The first-order valence-electron chi connectivity index (χ1n) is 14.9. The van der Waals surface area contributed by atoms with Crippen LogP contribution in [-0.2, 0) is 19.1 Å². The van der Waals surface area contributed by atoms with Crippen molar-refractivity contribution >= 4 is 41.1 Å². The molecule has 2 unspecified atom stereocenters. The average Bonchev–Trinajstić information content (AvgIpc) is 2.89. The van der Waals surface area contributed by atoms with Gasteiger partial charge in [0, 0.05) is 6.54 Å². The Morgan fingerprint density at radius 3 is 2.21 bits per heavy atom. The van der Waals surface area contributed by atoms with E-state index in [9.17, 15) is 19.2 Å². The molecule has 2 aromatic rings. The van der Waals surface area contributed by atoms with Gasteiger partial charge in [0.2, 0.25) is 11.8 Å². The molecule has 0 radical (unpaired) electrons. The number of carbonyl (C=O) groups excluding carboxylic acids is 4. The Balaban J connectivity index is 2.62. The molecule has 2 aromatic carbocycles. The van der Waals surface area contributed by atoms with Gasteiger partial charge < -0.3 is 26.0 Å². The number of primary amides is 1. The number of hydrogen-bond donors (Lipinski definition) is 3. The summed E-state index contributed by atoms with van der Waals surface area (Å²) >= 11 is 6.45.